The summed E-state index contributed by atoms with van der Waals surface area (Å²) in [6, 6.07) is 7.29. The number of hydrogen-bond donors (Lipinski definition) is 2. The minimum Gasteiger partial charge on any atom is -0.462 e. The molecule has 2 unspecified atom stereocenters. The van der Waals surface area contributed by atoms with Gasteiger partial charge in [0, 0.05) is 49.9 Å². The van der Waals surface area contributed by atoms with E-state index in [1.807, 2.05) is 90.1 Å². The molecule has 5 aliphatic rings. The molecule has 0 aliphatic carbocycles. The third kappa shape index (κ3) is 11.4. The first-order valence-electron chi connectivity index (χ1n) is 26.1. The van der Waals surface area contributed by atoms with Crippen molar-refractivity contribution in [1.82, 2.24) is 39.9 Å². The molecule has 400 valence electrons. The molecular weight excluding hydrogens is 1050 g/mol. The molecule has 5 saturated heterocycles. The van der Waals surface area contributed by atoms with E-state index >= 15 is 4.39 Å². The van der Waals surface area contributed by atoms with Crippen LogP contribution in [0.2, 0.25) is 5.02 Å². The number of aliphatic hydroxyl groups is 1. The number of benzene rings is 2. The fraction of sp³-hybridized carbons (Fsp3) is 0.611. The van der Waals surface area contributed by atoms with Crippen LogP contribution < -0.4 is 15.0 Å². The number of likely N-dealkylation sites (tertiary alicyclic amines) is 3. The standard InChI is InChI=1S/C54H70BrClFN9O7S/c1-30(32-13-15-33(16-14-32)46-31(2)58-29-74-46)59-49(69)41-23-38(67)27-64(41)50(70)47(53(3,4)5)66-34(19-20-42(66)68)11-9-21-62-22-10-12-37(62)28-72-51-60-45-39(24-40(56)43(55)44(45)57)48(61-51)63-25-35-17-18-36(26-63)65(35)52(71)73-54(6,7)8/h13-16,24,29-30,34-38,41,47,67H,9-12,17-23,25-28H2,1-8H3,(H,59,69)/t30-,34-,35?,36?,37-,38+,41-,47+/m0/s1. The maximum atomic E-state index is 16.0. The van der Waals surface area contributed by atoms with E-state index in [9.17, 15) is 24.3 Å². The molecule has 20 heteroatoms. The van der Waals surface area contributed by atoms with Crippen LogP contribution in [0.25, 0.3) is 21.3 Å². The second kappa shape index (κ2) is 21.7. The first-order chi connectivity index (χ1) is 35.1. The normalized spacial score (nSPS) is 24.3. The Morgan fingerprint density at radius 2 is 1.73 bits per heavy atom. The number of nitrogens with one attached hydrogen (secondary N) is 1. The Morgan fingerprint density at radius 1 is 1.01 bits per heavy atom. The van der Waals surface area contributed by atoms with Crippen LogP contribution in [0, 0.1) is 18.2 Å². The van der Waals surface area contributed by atoms with Crippen LogP contribution in [-0.2, 0) is 19.1 Å². The van der Waals surface area contributed by atoms with Gasteiger partial charge in [0.05, 0.1) is 49.8 Å². The Morgan fingerprint density at radius 3 is 2.39 bits per heavy atom. The number of amides is 4. The minimum atomic E-state index is -0.892. The molecule has 7 heterocycles. The van der Waals surface area contributed by atoms with E-state index in [1.54, 1.807) is 22.3 Å². The van der Waals surface area contributed by atoms with Gasteiger partial charge < -0.3 is 34.6 Å². The van der Waals surface area contributed by atoms with Crippen LogP contribution in [0.15, 0.2) is 40.3 Å². The predicted octanol–water partition coefficient (Wildman–Crippen LogP) is 9.07. The van der Waals surface area contributed by atoms with Crippen molar-refractivity contribution < 1.29 is 38.1 Å². The van der Waals surface area contributed by atoms with Crippen LogP contribution >= 0.6 is 38.9 Å². The Labute approximate surface area is 450 Å². The number of carbonyl (C=O) groups excluding carboxylic acids is 4. The van der Waals surface area contributed by atoms with Gasteiger partial charge in [-0.05, 0) is 131 Å². The Balaban J connectivity index is 0.839. The van der Waals surface area contributed by atoms with Gasteiger partial charge >= 0.3 is 12.1 Å². The number of piperazine rings is 1. The molecule has 0 spiro atoms. The molecule has 4 amide bonds. The van der Waals surface area contributed by atoms with Crippen molar-refractivity contribution >= 4 is 79.4 Å². The highest BCUT2D eigenvalue weighted by Crippen LogP contribution is 2.41. The predicted molar refractivity (Wildman–Crippen MR) is 287 cm³/mol. The van der Waals surface area contributed by atoms with Crippen molar-refractivity contribution in [3.63, 3.8) is 0 Å². The molecule has 8 atom stereocenters. The number of hydrogen-bond acceptors (Lipinski definition) is 13. The molecule has 0 radical (unpaired) electrons. The SMILES string of the molecule is Cc1ncsc1-c1ccc([C@H](C)NC(=O)[C@@H]2C[C@@H](O)CN2C(=O)[C@@H](N2C(=O)CC[C@@H]2CCCN2CCC[C@H]2COc2nc(N3CC4CCC(C3)N4C(=O)OC(C)(C)C)c3cc(Cl)c(Br)c(F)c3n2)C(C)(C)C)cc1. The van der Waals surface area contributed by atoms with Gasteiger partial charge in [-0.3, -0.25) is 24.2 Å². The van der Waals surface area contributed by atoms with Crippen LogP contribution in [-0.4, -0.2) is 151 Å². The van der Waals surface area contributed by atoms with Gasteiger partial charge in [0.15, 0.2) is 5.82 Å². The lowest BCUT2D eigenvalue weighted by molar-refractivity contribution is -0.152. The second-order valence-corrected chi connectivity index (χ2v) is 25.0. The number of nitrogens with zero attached hydrogens (tertiary/aromatic N) is 8. The number of thiazole rings is 1. The molecule has 5 fully saturated rings. The minimum absolute atomic E-state index is 0.00602. The first-order valence-corrected chi connectivity index (χ1v) is 28.2. The highest BCUT2D eigenvalue weighted by Gasteiger charge is 2.50. The molecule has 0 saturated carbocycles. The van der Waals surface area contributed by atoms with Crippen molar-refractivity contribution in [1.29, 1.82) is 0 Å². The highest BCUT2D eigenvalue weighted by molar-refractivity contribution is 9.10. The number of aryl methyl sites for hydroxylation is 1. The molecule has 2 aromatic carbocycles. The van der Waals surface area contributed by atoms with Crippen molar-refractivity contribution in [3.05, 3.63) is 62.4 Å². The summed E-state index contributed by atoms with van der Waals surface area (Å²) in [6.45, 7) is 18.2. The highest BCUT2D eigenvalue weighted by atomic mass is 79.9. The second-order valence-electron chi connectivity index (χ2n) is 23.0. The largest absolute Gasteiger partial charge is 0.462 e. The first kappa shape index (κ1) is 54.1. The number of aromatic nitrogens is 3. The van der Waals surface area contributed by atoms with E-state index in [0.29, 0.717) is 43.6 Å². The van der Waals surface area contributed by atoms with Gasteiger partial charge in [-0.15, -0.1) is 11.3 Å². The number of aliphatic hydroxyl groups excluding tert-OH is 1. The van der Waals surface area contributed by atoms with Gasteiger partial charge in [-0.2, -0.15) is 9.97 Å². The van der Waals surface area contributed by atoms with E-state index in [-0.39, 0.29) is 94.6 Å². The Bertz CT molecular complexity index is 2740. The topological polar surface area (TPSA) is 174 Å². The molecular formula is C54H70BrClFN9O7S. The summed E-state index contributed by atoms with van der Waals surface area (Å²) in [6.07, 6.45) is 4.76. The van der Waals surface area contributed by atoms with E-state index in [0.717, 1.165) is 66.9 Å². The average Bonchev–Trinajstić information content (AvgIpc) is 4.19. The van der Waals surface area contributed by atoms with Crippen LogP contribution in [0.1, 0.15) is 124 Å². The monoisotopic (exact) mass is 1120 g/mol. The molecule has 74 heavy (non-hydrogen) atoms. The van der Waals surface area contributed by atoms with Gasteiger partial charge in [0.25, 0.3) is 0 Å². The number of fused-ring (bicyclic) bond motifs is 3. The number of ether oxygens (including phenoxy) is 2. The Hall–Kier alpha value is -4.69. The molecule has 2 N–H and O–H groups in total. The summed E-state index contributed by atoms with van der Waals surface area (Å²) in [5.74, 6) is -0.860. The summed E-state index contributed by atoms with van der Waals surface area (Å²) in [4.78, 5) is 80.6. The fourth-order valence-corrected chi connectivity index (χ4v) is 13.2. The average molecular weight is 1120 g/mol. The Kier molecular flexibility index (Phi) is 15.9. The molecule has 2 aromatic heterocycles. The van der Waals surface area contributed by atoms with Crippen molar-refractivity contribution in [2.75, 3.05) is 44.2 Å². The van der Waals surface area contributed by atoms with Crippen molar-refractivity contribution in [2.45, 2.75) is 167 Å². The molecule has 5 aliphatic heterocycles. The quantitative estimate of drug-likeness (QED) is 0.115. The smallest absolute Gasteiger partial charge is 0.410 e. The lowest BCUT2D eigenvalue weighted by Crippen LogP contribution is -2.59. The zero-order valence-electron chi connectivity index (χ0n) is 43.7. The zero-order chi connectivity index (χ0) is 53.0. The van der Waals surface area contributed by atoms with Crippen molar-refractivity contribution in [3.8, 4) is 16.5 Å². The number of rotatable bonds is 14. The zero-order valence-corrected chi connectivity index (χ0v) is 46.9. The lowest BCUT2D eigenvalue weighted by Gasteiger charge is -2.43. The van der Waals surface area contributed by atoms with Gasteiger partial charge in [0.1, 0.15) is 35.6 Å². The van der Waals surface area contributed by atoms with Crippen LogP contribution in [0.3, 0.4) is 0 Å². The third-order valence-corrected chi connectivity index (χ3v) is 17.7. The molecule has 4 aromatic rings. The number of halogens is 3. The number of β-amino-alcohol motifs (C(OH)–C–C–N with tert-alkyl or cyclic N) is 1. The molecule has 16 nitrogen and oxygen atoms in total. The summed E-state index contributed by atoms with van der Waals surface area (Å²) in [5.41, 5.74) is 3.54. The van der Waals surface area contributed by atoms with Gasteiger partial charge in [0.2, 0.25) is 17.7 Å². The summed E-state index contributed by atoms with van der Waals surface area (Å²) in [7, 11) is 0. The van der Waals surface area contributed by atoms with Crippen LogP contribution in [0.4, 0.5) is 15.0 Å². The maximum absolute atomic E-state index is 16.0. The van der Waals surface area contributed by atoms with Gasteiger partial charge in [-0.1, -0.05) is 56.6 Å². The van der Waals surface area contributed by atoms with E-state index < -0.39 is 35.0 Å². The number of anilines is 1. The number of carbonyl (C=O) groups is 4. The molecule has 9 rings (SSSR count). The third-order valence-electron chi connectivity index (χ3n) is 15.4. The summed E-state index contributed by atoms with van der Waals surface area (Å²) < 4.78 is 28.3. The van der Waals surface area contributed by atoms with Crippen LogP contribution in [0.5, 0.6) is 6.01 Å². The maximum Gasteiger partial charge on any atom is 0.410 e. The van der Waals surface area contributed by atoms with E-state index in [2.05, 4.69) is 41.0 Å². The summed E-state index contributed by atoms with van der Waals surface area (Å²) >= 11 is 11.4. The van der Waals surface area contributed by atoms with Gasteiger partial charge in [-0.25, -0.2) is 14.2 Å². The van der Waals surface area contributed by atoms with E-state index in [1.165, 1.54) is 4.90 Å². The van der Waals surface area contributed by atoms with Crippen molar-refractivity contribution in [2.24, 2.45) is 5.41 Å². The van der Waals surface area contributed by atoms with E-state index in [4.69, 9.17) is 26.1 Å². The molecule has 2 bridgehead atoms. The lowest BCUT2D eigenvalue weighted by atomic mass is 9.83. The fourth-order valence-electron chi connectivity index (χ4n) is 11.9. The summed E-state index contributed by atoms with van der Waals surface area (Å²) in [5, 5.41) is 14.7.